The van der Waals surface area contributed by atoms with E-state index in [1.807, 2.05) is 11.7 Å². The zero-order valence-electron chi connectivity index (χ0n) is 12.1. The highest BCUT2D eigenvalue weighted by Gasteiger charge is 2.24. The molecule has 4 nitrogen and oxygen atoms in total. The quantitative estimate of drug-likeness (QED) is 0.877. The van der Waals surface area contributed by atoms with Crippen molar-refractivity contribution in [2.24, 2.45) is 12.5 Å². The Labute approximate surface area is 119 Å². The van der Waals surface area contributed by atoms with Gasteiger partial charge in [-0.05, 0) is 47.2 Å². The van der Waals surface area contributed by atoms with E-state index in [4.69, 9.17) is 0 Å². The van der Waals surface area contributed by atoms with Crippen molar-refractivity contribution >= 4 is 15.9 Å². The summed E-state index contributed by atoms with van der Waals surface area (Å²) < 4.78 is 2.72. The lowest BCUT2D eigenvalue weighted by Crippen LogP contribution is -2.41. The molecule has 0 radical (unpaired) electrons. The molecule has 0 spiro atoms. The maximum Gasteiger partial charge on any atom is 0.151 e. The van der Waals surface area contributed by atoms with E-state index >= 15 is 0 Å². The monoisotopic (exact) mass is 316 g/mol. The third-order valence-electron chi connectivity index (χ3n) is 3.25. The summed E-state index contributed by atoms with van der Waals surface area (Å²) in [6, 6.07) is 0.513. The second-order valence-corrected chi connectivity index (χ2v) is 6.61. The summed E-state index contributed by atoms with van der Waals surface area (Å²) in [6.45, 7) is 10.1. The van der Waals surface area contributed by atoms with Crippen molar-refractivity contribution in [3.8, 4) is 0 Å². The molecular weight excluding hydrogens is 292 g/mol. The fourth-order valence-electron chi connectivity index (χ4n) is 2.06. The van der Waals surface area contributed by atoms with Gasteiger partial charge in [-0.3, -0.25) is 4.68 Å². The summed E-state index contributed by atoms with van der Waals surface area (Å²) in [7, 11) is 1.94. The molecule has 1 heterocycles. The Hall–Kier alpha value is -0.420. The van der Waals surface area contributed by atoms with E-state index in [-0.39, 0.29) is 5.41 Å². The molecule has 0 aliphatic rings. The fraction of sp³-hybridized carbons (Fsp3) is 0.846. The Kier molecular flexibility index (Phi) is 5.79. The van der Waals surface area contributed by atoms with E-state index in [0.29, 0.717) is 6.04 Å². The van der Waals surface area contributed by atoms with Gasteiger partial charge in [-0.25, -0.2) is 0 Å². The summed E-state index contributed by atoms with van der Waals surface area (Å²) >= 11 is 3.46. The molecule has 0 aliphatic heterocycles. The summed E-state index contributed by atoms with van der Waals surface area (Å²) in [6.07, 6.45) is 3.26. The number of aromatic nitrogens is 3. The highest BCUT2D eigenvalue weighted by Crippen LogP contribution is 2.24. The summed E-state index contributed by atoms with van der Waals surface area (Å²) in [5, 5.41) is 11.7. The van der Waals surface area contributed by atoms with Crippen LogP contribution >= 0.6 is 15.9 Å². The van der Waals surface area contributed by atoms with Crippen LogP contribution in [0.15, 0.2) is 4.60 Å². The first-order valence-electron chi connectivity index (χ1n) is 6.63. The third-order valence-corrected chi connectivity index (χ3v) is 3.87. The van der Waals surface area contributed by atoms with E-state index in [0.717, 1.165) is 24.0 Å². The van der Waals surface area contributed by atoms with Crippen molar-refractivity contribution in [3.05, 3.63) is 10.3 Å². The lowest BCUT2D eigenvalue weighted by molar-refractivity contribution is 0.254. The van der Waals surface area contributed by atoms with Gasteiger partial charge in [-0.2, -0.15) is 0 Å². The first kappa shape index (κ1) is 15.6. The van der Waals surface area contributed by atoms with Crippen molar-refractivity contribution in [1.29, 1.82) is 0 Å². The number of aryl methyl sites for hydroxylation is 1. The van der Waals surface area contributed by atoms with Gasteiger partial charge >= 0.3 is 0 Å². The van der Waals surface area contributed by atoms with Crippen molar-refractivity contribution in [1.82, 2.24) is 20.3 Å². The van der Waals surface area contributed by atoms with E-state index in [1.54, 1.807) is 0 Å². The molecule has 1 unspecified atom stereocenters. The van der Waals surface area contributed by atoms with Gasteiger partial charge in [-0.1, -0.05) is 32.9 Å². The first-order chi connectivity index (χ1) is 8.36. The predicted molar refractivity (Wildman–Crippen MR) is 78.6 cm³/mol. The van der Waals surface area contributed by atoms with Crippen LogP contribution in [0, 0.1) is 5.41 Å². The molecular formula is C13H25BrN4. The van der Waals surface area contributed by atoms with Crippen LogP contribution in [0.3, 0.4) is 0 Å². The van der Waals surface area contributed by atoms with Crippen molar-refractivity contribution in [2.45, 2.75) is 53.0 Å². The largest absolute Gasteiger partial charge is 0.313 e. The van der Waals surface area contributed by atoms with Crippen LogP contribution in [-0.4, -0.2) is 27.6 Å². The SMILES string of the molecule is CCCNC(CCc1c(Br)nnn1C)C(C)(C)C. The fourth-order valence-corrected chi connectivity index (χ4v) is 2.58. The van der Waals surface area contributed by atoms with E-state index < -0.39 is 0 Å². The van der Waals surface area contributed by atoms with E-state index in [1.165, 1.54) is 12.1 Å². The van der Waals surface area contributed by atoms with Crippen molar-refractivity contribution < 1.29 is 0 Å². The molecule has 0 aliphatic carbocycles. The molecule has 0 aromatic carbocycles. The number of rotatable bonds is 6. The second kappa shape index (κ2) is 6.66. The smallest absolute Gasteiger partial charge is 0.151 e. The molecule has 1 aromatic rings. The Morgan fingerprint density at radius 1 is 1.39 bits per heavy atom. The predicted octanol–water partition coefficient (Wildman–Crippen LogP) is 2.92. The lowest BCUT2D eigenvalue weighted by Gasteiger charge is -2.31. The Morgan fingerprint density at radius 2 is 2.06 bits per heavy atom. The normalized spacial score (nSPS) is 13.9. The van der Waals surface area contributed by atoms with Crippen molar-refractivity contribution in [2.75, 3.05) is 6.54 Å². The van der Waals surface area contributed by atoms with E-state index in [9.17, 15) is 0 Å². The molecule has 1 aromatic heterocycles. The van der Waals surface area contributed by atoms with Gasteiger partial charge in [0.1, 0.15) is 0 Å². The molecule has 1 atom stereocenters. The Morgan fingerprint density at radius 3 is 2.50 bits per heavy atom. The van der Waals surface area contributed by atoms with Crippen molar-refractivity contribution in [3.63, 3.8) is 0 Å². The lowest BCUT2D eigenvalue weighted by atomic mass is 9.83. The minimum atomic E-state index is 0.271. The minimum Gasteiger partial charge on any atom is -0.313 e. The maximum atomic E-state index is 4.03. The Bertz CT molecular complexity index is 348. The summed E-state index contributed by atoms with van der Waals surface area (Å²) in [5.74, 6) is 0. The molecule has 0 bridgehead atoms. The zero-order valence-corrected chi connectivity index (χ0v) is 13.7. The van der Waals surface area contributed by atoms with E-state index in [2.05, 4.69) is 59.3 Å². The number of halogens is 1. The molecule has 104 valence electrons. The van der Waals surface area contributed by atoms with Crippen LogP contribution in [0.1, 0.15) is 46.2 Å². The summed E-state index contributed by atoms with van der Waals surface area (Å²) in [4.78, 5) is 0. The van der Waals surface area contributed by atoms with Crippen LogP contribution < -0.4 is 5.32 Å². The minimum absolute atomic E-state index is 0.271. The number of nitrogens with zero attached hydrogens (tertiary/aromatic N) is 3. The maximum absolute atomic E-state index is 4.03. The van der Waals surface area contributed by atoms with Crippen LogP contribution in [0.4, 0.5) is 0 Å². The second-order valence-electron chi connectivity index (χ2n) is 5.86. The molecule has 1 rings (SSSR count). The van der Waals surface area contributed by atoms with Crippen LogP contribution in [-0.2, 0) is 13.5 Å². The van der Waals surface area contributed by atoms with Gasteiger partial charge in [0, 0.05) is 13.1 Å². The molecule has 0 amide bonds. The molecule has 5 heteroatoms. The van der Waals surface area contributed by atoms with Gasteiger partial charge in [0.25, 0.3) is 0 Å². The molecule has 1 N–H and O–H groups in total. The summed E-state index contributed by atoms with van der Waals surface area (Å²) in [5.41, 5.74) is 1.44. The topological polar surface area (TPSA) is 42.7 Å². The zero-order chi connectivity index (χ0) is 13.8. The molecule has 0 fully saturated rings. The molecule has 0 saturated heterocycles. The standard InChI is InChI=1S/C13H25BrN4/c1-6-9-15-11(13(2,3)4)8-7-10-12(14)16-17-18(10)5/h11,15H,6-9H2,1-5H3. The van der Waals surface area contributed by atoms with Gasteiger partial charge < -0.3 is 5.32 Å². The van der Waals surface area contributed by atoms with Crippen LogP contribution in [0.2, 0.25) is 0 Å². The van der Waals surface area contributed by atoms with Crippen LogP contribution in [0.5, 0.6) is 0 Å². The highest BCUT2D eigenvalue weighted by molar-refractivity contribution is 9.10. The average Bonchev–Trinajstić information content (AvgIpc) is 2.58. The van der Waals surface area contributed by atoms with Gasteiger partial charge in [0.05, 0.1) is 5.69 Å². The molecule has 18 heavy (non-hydrogen) atoms. The number of nitrogens with one attached hydrogen (secondary N) is 1. The average molecular weight is 317 g/mol. The number of hydrogen-bond acceptors (Lipinski definition) is 3. The first-order valence-corrected chi connectivity index (χ1v) is 7.43. The van der Waals surface area contributed by atoms with Gasteiger partial charge in [0.15, 0.2) is 4.60 Å². The van der Waals surface area contributed by atoms with Gasteiger partial charge in [-0.15, -0.1) is 5.10 Å². The highest BCUT2D eigenvalue weighted by atomic mass is 79.9. The Balaban J connectivity index is 2.62. The molecule has 0 saturated carbocycles. The van der Waals surface area contributed by atoms with Crippen LogP contribution in [0.25, 0.3) is 0 Å². The number of hydrogen-bond donors (Lipinski definition) is 1. The third kappa shape index (κ3) is 4.35. The van der Waals surface area contributed by atoms with Gasteiger partial charge in [0.2, 0.25) is 0 Å².